The highest BCUT2D eigenvalue weighted by Gasteiger charge is 2.18. The Kier molecular flexibility index (Phi) is 2.86. The molecule has 0 spiro atoms. The Morgan fingerprint density at radius 2 is 2.38 bits per heavy atom. The van der Waals surface area contributed by atoms with Crippen LogP contribution in [0, 0.1) is 0 Å². The van der Waals surface area contributed by atoms with Gasteiger partial charge in [-0.2, -0.15) is 4.98 Å². The molecule has 13 heavy (non-hydrogen) atoms. The molecule has 0 unspecified atom stereocenters. The molecule has 0 radical (unpaired) electrons. The molecule has 4 N–H and O–H groups in total. The fraction of sp³-hybridized carbons (Fsp3) is 0.429. The minimum absolute atomic E-state index is 0.0573. The number of hydrogen-bond donors (Lipinski definition) is 2. The lowest BCUT2D eigenvalue weighted by molar-refractivity contribution is 0.0517. The minimum Gasteiger partial charge on any atom is -0.461 e. The van der Waals surface area contributed by atoms with E-state index in [0.717, 1.165) is 0 Å². The van der Waals surface area contributed by atoms with Crippen molar-refractivity contribution in [3.05, 3.63) is 11.5 Å². The maximum atomic E-state index is 11.2. The number of nitrogen functional groups attached to an aromatic ring is 1. The van der Waals surface area contributed by atoms with Crippen molar-refractivity contribution >= 4 is 12.0 Å². The first-order valence-electron chi connectivity index (χ1n) is 3.81. The lowest BCUT2D eigenvalue weighted by atomic mass is 10.3. The maximum absolute atomic E-state index is 11.2. The monoisotopic (exact) mass is 185 g/mol. The Labute approximate surface area is 74.9 Å². The number of carbonyl (C=O) groups is 1. The molecule has 0 atom stereocenters. The van der Waals surface area contributed by atoms with Crippen LogP contribution in [0.3, 0.4) is 0 Å². The highest BCUT2D eigenvalue weighted by atomic mass is 16.5. The van der Waals surface area contributed by atoms with E-state index in [1.165, 1.54) is 0 Å². The third-order valence-electron chi connectivity index (χ3n) is 1.37. The number of rotatable bonds is 3. The van der Waals surface area contributed by atoms with Crippen LogP contribution in [0.5, 0.6) is 0 Å². The smallest absolute Gasteiger partial charge is 0.360 e. The van der Waals surface area contributed by atoms with Gasteiger partial charge in [-0.05, 0) is 6.92 Å². The average Bonchev–Trinajstić information content (AvgIpc) is 2.47. The van der Waals surface area contributed by atoms with Crippen LogP contribution >= 0.6 is 0 Å². The van der Waals surface area contributed by atoms with Gasteiger partial charge in [-0.1, -0.05) is 0 Å². The van der Waals surface area contributed by atoms with E-state index in [2.05, 4.69) is 4.98 Å². The summed E-state index contributed by atoms with van der Waals surface area (Å²) in [5.74, 6) is -0.320. The zero-order valence-electron chi connectivity index (χ0n) is 7.24. The van der Waals surface area contributed by atoms with Crippen molar-refractivity contribution in [3.63, 3.8) is 0 Å². The maximum Gasteiger partial charge on any atom is 0.360 e. The van der Waals surface area contributed by atoms with E-state index in [4.69, 9.17) is 20.6 Å². The van der Waals surface area contributed by atoms with Gasteiger partial charge in [-0.15, -0.1) is 0 Å². The Hall–Kier alpha value is -1.56. The quantitative estimate of drug-likeness (QED) is 0.637. The standard InChI is InChI=1S/C7H11N3O3/c1-2-12-6(11)5-4(3-8)13-7(9)10-5/h2-3,8H2,1H3,(H2,9,10). The number of hydrogen-bond acceptors (Lipinski definition) is 6. The molecule has 1 rings (SSSR count). The lowest BCUT2D eigenvalue weighted by Crippen LogP contribution is -2.09. The Morgan fingerprint density at radius 3 is 2.92 bits per heavy atom. The first kappa shape index (κ1) is 9.53. The summed E-state index contributed by atoms with van der Waals surface area (Å²) in [5, 5.41) is 0. The second-order valence-electron chi connectivity index (χ2n) is 2.25. The van der Waals surface area contributed by atoms with E-state index < -0.39 is 5.97 Å². The van der Waals surface area contributed by atoms with Gasteiger partial charge in [-0.25, -0.2) is 4.79 Å². The van der Waals surface area contributed by atoms with E-state index in [0.29, 0.717) is 0 Å². The molecule has 6 heteroatoms. The van der Waals surface area contributed by atoms with Gasteiger partial charge in [0.15, 0.2) is 11.5 Å². The van der Waals surface area contributed by atoms with Gasteiger partial charge in [0.1, 0.15) is 0 Å². The number of esters is 1. The van der Waals surface area contributed by atoms with Crippen molar-refractivity contribution in [1.82, 2.24) is 4.98 Å². The third-order valence-corrected chi connectivity index (χ3v) is 1.37. The summed E-state index contributed by atoms with van der Waals surface area (Å²) in [6.07, 6.45) is 0. The second-order valence-corrected chi connectivity index (χ2v) is 2.25. The first-order chi connectivity index (χ1) is 6.19. The Balaban J connectivity index is 2.91. The summed E-state index contributed by atoms with van der Waals surface area (Å²) in [6.45, 7) is 2.04. The highest BCUT2D eigenvalue weighted by Crippen LogP contribution is 2.12. The highest BCUT2D eigenvalue weighted by molar-refractivity contribution is 5.88. The van der Waals surface area contributed by atoms with Crippen molar-refractivity contribution in [3.8, 4) is 0 Å². The third kappa shape index (κ3) is 1.97. The molecule has 1 heterocycles. The Morgan fingerprint density at radius 1 is 1.69 bits per heavy atom. The van der Waals surface area contributed by atoms with E-state index in [-0.39, 0.29) is 30.6 Å². The summed E-state index contributed by atoms with van der Waals surface area (Å²) >= 11 is 0. The normalized spacial score (nSPS) is 10.0. The van der Waals surface area contributed by atoms with E-state index in [1.807, 2.05) is 0 Å². The van der Waals surface area contributed by atoms with Crippen LogP contribution in [-0.2, 0) is 11.3 Å². The molecular formula is C7H11N3O3. The number of oxazole rings is 1. The molecule has 72 valence electrons. The van der Waals surface area contributed by atoms with Crippen LogP contribution in [0.4, 0.5) is 6.01 Å². The molecule has 0 aromatic carbocycles. The molecule has 6 nitrogen and oxygen atoms in total. The zero-order chi connectivity index (χ0) is 9.84. The molecule has 0 aliphatic rings. The predicted octanol–water partition coefficient (Wildman–Crippen LogP) is -0.108. The topological polar surface area (TPSA) is 104 Å². The van der Waals surface area contributed by atoms with Crippen molar-refractivity contribution in [1.29, 1.82) is 0 Å². The van der Waals surface area contributed by atoms with Gasteiger partial charge < -0.3 is 20.6 Å². The van der Waals surface area contributed by atoms with Crippen LogP contribution in [0.25, 0.3) is 0 Å². The number of carbonyl (C=O) groups excluding carboxylic acids is 1. The molecule has 0 aliphatic carbocycles. The van der Waals surface area contributed by atoms with Gasteiger partial charge in [0.2, 0.25) is 0 Å². The van der Waals surface area contributed by atoms with Crippen molar-refractivity contribution < 1.29 is 13.9 Å². The predicted molar refractivity (Wildman–Crippen MR) is 44.8 cm³/mol. The van der Waals surface area contributed by atoms with E-state index in [9.17, 15) is 4.79 Å². The number of nitrogens with two attached hydrogens (primary N) is 2. The summed E-state index contributed by atoms with van der Waals surface area (Å²) in [6, 6.07) is -0.0801. The molecule has 0 aliphatic heterocycles. The molecule has 1 aromatic rings. The molecule has 0 bridgehead atoms. The van der Waals surface area contributed by atoms with Crippen LogP contribution in [0.15, 0.2) is 4.42 Å². The van der Waals surface area contributed by atoms with Gasteiger partial charge in [0.25, 0.3) is 6.01 Å². The molecule has 0 amide bonds. The van der Waals surface area contributed by atoms with Crippen LogP contribution < -0.4 is 11.5 Å². The zero-order valence-corrected chi connectivity index (χ0v) is 7.24. The summed E-state index contributed by atoms with van der Waals surface area (Å²) in [4.78, 5) is 14.8. The number of anilines is 1. The van der Waals surface area contributed by atoms with Gasteiger partial charge in [0.05, 0.1) is 13.2 Å². The fourth-order valence-corrected chi connectivity index (χ4v) is 0.867. The molecule has 1 aromatic heterocycles. The summed E-state index contributed by atoms with van der Waals surface area (Å²) in [7, 11) is 0. The number of nitrogens with zero attached hydrogens (tertiary/aromatic N) is 1. The van der Waals surface area contributed by atoms with E-state index >= 15 is 0 Å². The largest absolute Gasteiger partial charge is 0.461 e. The van der Waals surface area contributed by atoms with Crippen LogP contribution in [-0.4, -0.2) is 17.6 Å². The first-order valence-corrected chi connectivity index (χ1v) is 3.81. The van der Waals surface area contributed by atoms with Gasteiger partial charge in [-0.3, -0.25) is 0 Å². The van der Waals surface area contributed by atoms with Crippen LogP contribution in [0.1, 0.15) is 23.2 Å². The summed E-state index contributed by atoms with van der Waals surface area (Å²) in [5.41, 5.74) is 10.6. The van der Waals surface area contributed by atoms with Crippen molar-refractivity contribution in [2.45, 2.75) is 13.5 Å². The second kappa shape index (κ2) is 3.90. The fourth-order valence-electron chi connectivity index (χ4n) is 0.867. The average molecular weight is 185 g/mol. The van der Waals surface area contributed by atoms with Gasteiger partial charge >= 0.3 is 5.97 Å². The SMILES string of the molecule is CCOC(=O)c1nc(N)oc1CN. The Bertz CT molecular complexity index is 308. The van der Waals surface area contributed by atoms with Gasteiger partial charge in [0, 0.05) is 0 Å². The minimum atomic E-state index is -0.566. The number of ether oxygens (including phenoxy) is 1. The van der Waals surface area contributed by atoms with Crippen molar-refractivity contribution in [2.75, 3.05) is 12.3 Å². The summed E-state index contributed by atoms with van der Waals surface area (Å²) < 4.78 is 9.58. The molecular weight excluding hydrogens is 174 g/mol. The van der Waals surface area contributed by atoms with E-state index in [1.54, 1.807) is 6.92 Å². The molecule has 0 saturated heterocycles. The number of aromatic nitrogens is 1. The molecule has 0 fully saturated rings. The molecule has 0 saturated carbocycles. The van der Waals surface area contributed by atoms with Crippen LogP contribution in [0.2, 0.25) is 0 Å². The van der Waals surface area contributed by atoms with Crippen molar-refractivity contribution in [2.24, 2.45) is 5.73 Å². The lowest BCUT2D eigenvalue weighted by Gasteiger charge is -1.97.